The molecule has 15 heavy (non-hydrogen) atoms. The molecule has 1 saturated carbocycles. The van der Waals surface area contributed by atoms with Gasteiger partial charge in [0.2, 0.25) is 0 Å². The summed E-state index contributed by atoms with van der Waals surface area (Å²) in [7, 11) is 0. The zero-order chi connectivity index (χ0) is 11.3. The van der Waals surface area contributed by atoms with Gasteiger partial charge in [-0.05, 0) is 37.0 Å². The second kappa shape index (κ2) is 6.35. The lowest BCUT2D eigenvalue weighted by Gasteiger charge is -2.19. The third-order valence-electron chi connectivity index (χ3n) is 4.25. The van der Waals surface area contributed by atoms with Gasteiger partial charge < -0.3 is 0 Å². The summed E-state index contributed by atoms with van der Waals surface area (Å²) in [6, 6.07) is 0. The monoisotopic (exact) mass is 208 g/mol. The Balaban J connectivity index is 2.61. The summed E-state index contributed by atoms with van der Waals surface area (Å²) >= 11 is 0. The van der Waals surface area contributed by atoms with Gasteiger partial charge in [-0.25, -0.2) is 0 Å². The van der Waals surface area contributed by atoms with Gasteiger partial charge in [0.05, 0.1) is 0 Å². The molecule has 3 unspecified atom stereocenters. The van der Waals surface area contributed by atoms with Crippen molar-refractivity contribution in [3.05, 3.63) is 11.6 Å². The molecule has 3 atom stereocenters. The lowest BCUT2D eigenvalue weighted by Crippen LogP contribution is -2.07. The zero-order valence-electron chi connectivity index (χ0n) is 11.1. The van der Waals surface area contributed by atoms with Gasteiger partial charge in [0.25, 0.3) is 0 Å². The Kier molecular flexibility index (Phi) is 5.42. The quantitative estimate of drug-likeness (QED) is 0.442. The first kappa shape index (κ1) is 12.8. The molecule has 0 radical (unpaired) electrons. The van der Waals surface area contributed by atoms with Crippen molar-refractivity contribution >= 4 is 0 Å². The van der Waals surface area contributed by atoms with Crippen LogP contribution in [0.25, 0.3) is 0 Å². The van der Waals surface area contributed by atoms with Crippen LogP contribution in [0.5, 0.6) is 0 Å². The molecule has 1 aliphatic rings. The van der Waals surface area contributed by atoms with Crippen molar-refractivity contribution in [1.82, 2.24) is 0 Å². The summed E-state index contributed by atoms with van der Waals surface area (Å²) in [6.45, 7) is 9.48. The van der Waals surface area contributed by atoms with E-state index in [1.165, 1.54) is 38.5 Å². The predicted molar refractivity (Wildman–Crippen MR) is 69.0 cm³/mol. The zero-order valence-corrected chi connectivity index (χ0v) is 11.1. The molecule has 0 N–H and O–H groups in total. The number of rotatable bonds is 3. The first-order valence-electron chi connectivity index (χ1n) is 6.85. The standard InChI is InChI=1S/C15H28/c1-5-12(2)14(4)11-15-10-8-6-7-9-13(15)3/h11-14H,5-10H2,1-4H3. The van der Waals surface area contributed by atoms with Crippen molar-refractivity contribution in [1.29, 1.82) is 0 Å². The molecule has 0 bridgehead atoms. The smallest absolute Gasteiger partial charge is 0.0232 e. The molecule has 1 rings (SSSR count). The minimum absolute atomic E-state index is 0.769. The van der Waals surface area contributed by atoms with Crippen LogP contribution in [0, 0.1) is 17.8 Å². The Morgan fingerprint density at radius 1 is 1.27 bits per heavy atom. The summed E-state index contributed by atoms with van der Waals surface area (Å²) in [5.74, 6) is 2.46. The molecule has 1 fully saturated rings. The second-order valence-electron chi connectivity index (χ2n) is 5.49. The third kappa shape index (κ3) is 4.01. The minimum atomic E-state index is 0.769. The highest BCUT2D eigenvalue weighted by Gasteiger charge is 2.15. The van der Waals surface area contributed by atoms with Gasteiger partial charge in [-0.2, -0.15) is 0 Å². The molecule has 0 aromatic carbocycles. The van der Waals surface area contributed by atoms with E-state index in [2.05, 4.69) is 33.8 Å². The molecule has 0 nitrogen and oxygen atoms in total. The van der Waals surface area contributed by atoms with E-state index in [0.29, 0.717) is 0 Å². The van der Waals surface area contributed by atoms with Crippen LogP contribution in [0.4, 0.5) is 0 Å². The van der Waals surface area contributed by atoms with Crippen LogP contribution in [0.1, 0.15) is 66.2 Å². The van der Waals surface area contributed by atoms with Crippen molar-refractivity contribution in [2.45, 2.75) is 66.2 Å². The molecule has 0 aromatic heterocycles. The van der Waals surface area contributed by atoms with Gasteiger partial charge in [-0.1, -0.05) is 58.6 Å². The molecular formula is C15H28. The molecule has 0 saturated heterocycles. The van der Waals surface area contributed by atoms with Gasteiger partial charge in [-0.15, -0.1) is 0 Å². The van der Waals surface area contributed by atoms with E-state index in [-0.39, 0.29) is 0 Å². The fourth-order valence-corrected chi connectivity index (χ4v) is 2.51. The van der Waals surface area contributed by atoms with Crippen LogP contribution in [-0.4, -0.2) is 0 Å². The summed E-state index contributed by atoms with van der Waals surface area (Å²) < 4.78 is 0. The van der Waals surface area contributed by atoms with Gasteiger partial charge in [0.15, 0.2) is 0 Å². The topological polar surface area (TPSA) is 0 Å². The average molecular weight is 208 g/mol. The Morgan fingerprint density at radius 2 is 2.00 bits per heavy atom. The van der Waals surface area contributed by atoms with Gasteiger partial charge in [-0.3, -0.25) is 0 Å². The molecule has 0 heterocycles. The summed E-state index contributed by atoms with van der Waals surface area (Å²) in [5, 5.41) is 0. The predicted octanol–water partition coefficient (Wildman–Crippen LogP) is 5.20. The maximum atomic E-state index is 2.59. The summed E-state index contributed by atoms with van der Waals surface area (Å²) in [4.78, 5) is 0. The highest BCUT2D eigenvalue weighted by molar-refractivity contribution is 5.09. The lowest BCUT2D eigenvalue weighted by molar-refractivity contribution is 0.439. The lowest BCUT2D eigenvalue weighted by atomic mass is 9.87. The Morgan fingerprint density at radius 3 is 2.67 bits per heavy atom. The Labute approximate surface area is 96.2 Å². The molecule has 88 valence electrons. The van der Waals surface area contributed by atoms with Crippen LogP contribution in [0.3, 0.4) is 0 Å². The van der Waals surface area contributed by atoms with Crippen molar-refractivity contribution < 1.29 is 0 Å². The van der Waals surface area contributed by atoms with Crippen molar-refractivity contribution in [3.8, 4) is 0 Å². The second-order valence-corrected chi connectivity index (χ2v) is 5.49. The summed E-state index contributed by atoms with van der Waals surface area (Å²) in [6.07, 6.45) is 11.0. The molecule has 0 aliphatic heterocycles. The van der Waals surface area contributed by atoms with Crippen molar-refractivity contribution in [3.63, 3.8) is 0 Å². The van der Waals surface area contributed by atoms with Crippen LogP contribution >= 0.6 is 0 Å². The molecule has 1 aliphatic carbocycles. The van der Waals surface area contributed by atoms with E-state index < -0.39 is 0 Å². The first-order valence-corrected chi connectivity index (χ1v) is 6.85. The highest BCUT2D eigenvalue weighted by Crippen LogP contribution is 2.30. The molecule has 0 amide bonds. The molecule has 0 heteroatoms. The largest absolute Gasteiger partial charge is 0.0820 e. The van der Waals surface area contributed by atoms with Gasteiger partial charge >= 0.3 is 0 Å². The normalized spacial score (nSPS) is 29.9. The number of hydrogen-bond donors (Lipinski definition) is 0. The molecule has 0 aromatic rings. The van der Waals surface area contributed by atoms with Crippen molar-refractivity contribution in [2.24, 2.45) is 17.8 Å². The van der Waals surface area contributed by atoms with Crippen molar-refractivity contribution in [2.75, 3.05) is 0 Å². The third-order valence-corrected chi connectivity index (χ3v) is 4.25. The van der Waals surface area contributed by atoms with E-state index in [0.717, 1.165) is 17.8 Å². The maximum absolute atomic E-state index is 2.59. The highest BCUT2D eigenvalue weighted by atomic mass is 14.2. The van der Waals surface area contributed by atoms with Gasteiger partial charge in [0, 0.05) is 0 Å². The van der Waals surface area contributed by atoms with Gasteiger partial charge in [0.1, 0.15) is 0 Å². The van der Waals surface area contributed by atoms with E-state index in [1.807, 2.05) is 0 Å². The molecule has 0 spiro atoms. The molecular weight excluding hydrogens is 180 g/mol. The number of allylic oxidation sites excluding steroid dienone is 2. The Hall–Kier alpha value is -0.260. The van der Waals surface area contributed by atoms with Crippen LogP contribution in [0.15, 0.2) is 11.6 Å². The number of hydrogen-bond acceptors (Lipinski definition) is 0. The fourth-order valence-electron chi connectivity index (χ4n) is 2.51. The van der Waals surface area contributed by atoms with Crippen LogP contribution in [-0.2, 0) is 0 Å². The van der Waals surface area contributed by atoms with E-state index in [1.54, 1.807) is 5.57 Å². The summed E-state index contributed by atoms with van der Waals surface area (Å²) in [5.41, 5.74) is 1.75. The van der Waals surface area contributed by atoms with Crippen LogP contribution in [0.2, 0.25) is 0 Å². The van der Waals surface area contributed by atoms with E-state index >= 15 is 0 Å². The first-order chi connectivity index (χ1) is 7.15. The minimum Gasteiger partial charge on any atom is -0.0820 e. The Bertz CT molecular complexity index is 202. The SMILES string of the molecule is CCC(C)C(C)C=C1CCCCCC1C. The van der Waals surface area contributed by atoms with Crippen LogP contribution < -0.4 is 0 Å². The maximum Gasteiger partial charge on any atom is -0.0232 e. The van der Waals surface area contributed by atoms with E-state index in [4.69, 9.17) is 0 Å². The fraction of sp³-hybridized carbons (Fsp3) is 0.867. The average Bonchev–Trinajstić information content (AvgIpc) is 2.43. The van der Waals surface area contributed by atoms with E-state index in [9.17, 15) is 0 Å².